The van der Waals surface area contributed by atoms with E-state index in [0.29, 0.717) is 11.3 Å². The minimum Gasteiger partial charge on any atom is -0.392 e. The minimum atomic E-state index is -0.103. The van der Waals surface area contributed by atoms with Gasteiger partial charge in [-0.05, 0) is 54.3 Å². The number of hydrogen-bond acceptors (Lipinski definition) is 1. The molecule has 4 aliphatic carbocycles. The van der Waals surface area contributed by atoms with Crippen molar-refractivity contribution in [1.29, 1.82) is 0 Å². The molecule has 4 saturated carbocycles. The van der Waals surface area contributed by atoms with Crippen molar-refractivity contribution in [3.8, 4) is 0 Å². The predicted molar refractivity (Wildman–Crippen MR) is 65.9 cm³/mol. The van der Waals surface area contributed by atoms with E-state index >= 15 is 0 Å². The van der Waals surface area contributed by atoms with Gasteiger partial charge in [-0.3, -0.25) is 0 Å². The molecule has 0 saturated heterocycles. The van der Waals surface area contributed by atoms with Crippen LogP contribution in [0.2, 0.25) is 0 Å². The maximum Gasteiger partial charge on any atom is 0.0613 e. The molecule has 0 aromatic rings. The predicted octanol–water partition coefficient (Wildman–Crippen LogP) is 3.24. The van der Waals surface area contributed by atoms with Crippen LogP contribution < -0.4 is 0 Å². The lowest BCUT2D eigenvalue weighted by molar-refractivity contribution is -0.234. The van der Waals surface area contributed by atoms with Crippen molar-refractivity contribution in [3.05, 3.63) is 12.2 Å². The average Bonchev–Trinajstić information content (AvgIpc) is 2.15. The fourth-order valence-electron chi connectivity index (χ4n) is 5.42. The van der Waals surface area contributed by atoms with E-state index < -0.39 is 0 Å². The van der Waals surface area contributed by atoms with Crippen LogP contribution in [0.15, 0.2) is 12.2 Å². The number of rotatable bonds is 1. The zero-order valence-corrected chi connectivity index (χ0v) is 10.7. The highest BCUT2D eigenvalue weighted by Crippen LogP contribution is 2.72. The van der Waals surface area contributed by atoms with E-state index in [0.717, 1.165) is 30.1 Å². The summed E-state index contributed by atoms with van der Waals surface area (Å²) in [6.45, 7) is 11.3. The maximum atomic E-state index is 10.3. The number of hydrogen-bond donors (Lipinski definition) is 1. The van der Waals surface area contributed by atoms with Gasteiger partial charge >= 0.3 is 0 Å². The number of aliphatic hydroxyl groups excluding tert-OH is 1. The first-order valence-corrected chi connectivity index (χ1v) is 6.82. The van der Waals surface area contributed by atoms with E-state index in [9.17, 15) is 5.11 Å². The smallest absolute Gasteiger partial charge is 0.0613 e. The van der Waals surface area contributed by atoms with E-state index in [4.69, 9.17) is 0 Å². The SMILES string of the molecule is C=C1C[C@H](O)[C@@H]2[C@H]3[C@H](C(C)C)CC[C@]2(C)[C@@H]13. The summed E-state index contributed by atoms with van der Waals surface area (Å²) in [6, 6.07) is 0. The molecule has 0 amide bonds. The highest BCUT2D eigenvalue weighted by atomic mass is 16.3. The number of fused-ring (bicyclic) bond motifs is 2. The van der Waals surface area contributed by atoms with Gasteiger partial charge < -0.3 is 5.11 Å². The summed E-state index contributed by atoms with van der Waals surface area (Å²) in [5.74, 6) is 3.63. The van der Waals surface area contributed by atoms with Crippen LogP contribution >= 0.6 is 0 Å². The molecule has 0 radical (unpaired) electrons. The van der Waals surface area contributed by atoms with Gasteiger partial charge in [-0.2, -0.15) is 0 Å². The topological polar surface area (TPSA) is 20.2 Å². The lowest BCUT2D eigenvalue weighted by atomic mass is 9.33. The van der Waals surface area contributed by atoms with Gasteiger partial charge in [0.05, 0.1) is 6.10 Å². The Kier molecular flexibility index (Phi) is 2.12. The molecule has 16 heavy (non-hydrogen) atoms. The Hall–Kier alpha value is -0.300. The Balaban J connectivity index is 1.96. The van der Waals surface area contributed by atoms with Gasteiger partial charge in [0.25, 0.3) is 0 Å². The highest BCUT2D eigenvalue weighted by Gasteiger charge is 2.68. The Morgan fingerprint density at radius 1 is 1.44 bits per heavy atom. The molecule has 4 fully saturated rings. The fourth-order valence-corrected chi connectivity index (χ4v) is 5.42. The Bertz CT molecular complexity index is 332. The first-order valence-electron chi connectivity index (χ1n) is 6.82. The monoisotopic (exact) mass is 220 g/mol. The lowest BCUT2D eigenvalue weighted by Gasteiger charge is -2.72. The lowest BCUT2D eigenvalue weighted by Crippen LogP contribution is -2.68. The Labute approximate surface area is 98.9 Å². The van der Waals surface area contributed by atoms with Gasteiger partial charge in [0.1, 0.15) is 0 Å². The summed E-state index contributed by atoms with van der Waals surface area (Å²) in [4.78, 5) is 0. The van der Waals surface area contributed by atoms with Gasteiger partial charge in [-0.25, -0.2) is 0 Å². The molecule has 90 valence electrons. The largest absolute Gasteiger partial charge is 0.392 e. The molecule has 4 rings (SSSR count). The summed E-state index contributed by atoms with van der Waals surface area (Å²) in [7, 11) is 0. The van der Waals surface area contributed by atoms with Crippen LogP contribution in [0.4, 0.5) is 0 Å². The normalized spacial score (nSPS) is 55.1. The van der Waals surface area contributed by atoms with E-state index in [-0.39, 0.29) is 6.10 Å². The third kappa shape index (κ3) is 1.06. The summed E-state index contributed by atoms with van der Waals surface area (Å²) in [5, 5.41) is 10.3. The van der Waals surface area contributed by atoms with Crippen LogP contribution in [0.3, 0.4) is 0 Å². The molecule has 0 unspecified atom stereocenters. The van der Waals surface area contributed by atoms with Crippen molar-refractivity contribution >= 4 is 0 Å². The molecule has 0 aromatic heterocycles. The molecular formula is C15H24O. The van der Waals surface area contributed by atoms with Gasteiger partial charge in [-0.15, -0.1) is 0 Å². The van der Waals surface area contributed by atoms with Crippen LogP contribution in [0.25, 0.3) is 0 Å². The van der Waals surface area contributed by atoms with E-state index in [2.05, 4.69) is 27.4 Å². The van der Waals surface area contributed by atoms with E-state index in [1.54, 1.807) is 0 Å². The van der Waals surface area contributed by atoms with E-state index in [1.807, 2.05) is 0 Å². The zero-order valence-electron chi connectivity index (χ0n) is 10.7. The molecule has 0 aromatic carbocycles. The molecule has 4 bridgehead atoms. The quantitative estimate of drug-likeness (QED) is 0.673. The van der Waals surface area contributed by atoms with Gasteiger partial charge in [0, 0.05) is 0 Å². The first kappa shape index (κ1) is 10.8. The zero-order chi connectivity index (χ0) is 11.7. The van der Waals surface area contributed by atoms with Crippen molar-refractivity contribution in [1.82, 2.24) is 0 Å². The summed E-state index contributed by atoms with van der Waals surface area (Å²) in [5.41, 5.74) is 1.73. The molecule has 0 spiro atoms. The summed E-state index contributed by atoms with van der Waals surface area (Å²) >= 11 is 0. The number of aliphatic hydroxyl groups is 1. The third-order valence-electron chi connectivity index (χ3n) is 5.96. The summed E-state index contributed by atoms with van der Waals surface area (Å²) in [6.07, 6.45) is 3.43. The van der Waals surface area contributed by atoms with Crippen LogP contribution in [0, 0.1) is 35.0 Å². The molecule has 1 heteroatoms. The van der Waals surface area contributed by atoms with Crippen LogP contribution in [-0.2, 0) is 0 Å². The second-order valence-corrected chi connectivity index (χ2v) is 6.96. The molecule has 4 aliphatic rings. The van der Waals surface area contributed by atoms with Crippen molar-refractivity contribution < 1.29 is 5.11 Å². The average molecular weight is 220 g/mol. The second kappa shape index (κ2) is 3.13. The third-order valence-corrected chi connectivity index (χ3v) is 5.96. The summed E-state index contributed by atoms with van der Waals surface area (Å²) < 4.78 is 0. The van der Waals surface area contributed by atoms with Crippen LogP contribution in [0.1, 0.15) is 40.0 Å². The standard InChI is InChI=1S/C15H24O/c1-8(2)10-5-6-15(4)13-9(3)7-11(16)14(15)12(10)13/h8,10-14,16H,3,5-7H2,1-2,4H3/t10-,11-,12-,13-,14+,15+/m0/s1. The Morgan fingerprint density at radius 3 is 2.69 bits per heavy atom. The molecule has 6 atom stereocenters. The van der Waals surface area contributed by atoms with E-state index in [1.165, 1.54) is 18.4 Å². The van der Waals surface area contributed by atoms with Gasteiger partial charge in [0.15, 0.2) is 0 Å². The van der Waals surface area contributed by atoms with Crippen molar-refractivity contribution in [2.75, 3.05) is 0 Å². The van der Waals surface area contributed by atoms with Gasteiger partial charge in [0.2, 0.25) is 0 Å². The molecule has 0 aliphatic heterocycles. The van der Waals surface area contributed by atoms with Crippen molar-refractivity contribution in [2.45, 2.75) is 46.1 Å². The van der Waals surface area contributed by atoms with Crippen molar-refractivity contribution in [3.63, 3.8) is 0 Å². The Morgan fingerprint density at radius 2 is 2.12 bits per heavy atom. The van der Waals surface area contributed by atoms with Crippen LogP contribution in [-0.4, -0.2) is 11.2 Å². The molecule has 0 heterocycles. The highest BCUT2D eigenvalue weighted by molar-refractivity contribution is 5.28. The molecule has 1 N–H and O–H groups in total. The second-order valence-electron chi connectivity index (χ2n) is 6.96. The molecule has 1 nitrogen and oxygen atoms in total. The van der Waals surface area contributed by atoms with Crippen molar-refractivity contribution in [2.24, 2.45) is 35.0 Å². The molecular weight excluding hydrogens is 196 g/mol. The van der Waals surface area contributed by atoms with Gasteiger partial charge in [-0.1, -0.05) is 32.9 Å². The fraction of sp³-hybridized carbons (Fsp3) is 0.867. The first-order chi connectivity index (χ1) is 7.47. The minimum absolute atomic E-state index is 0.103. The maximum absolute atomic E-state index is 10.3. The van der Waals surface area contributed by atoms with Crippen LogP contribution in [0.5, 0.6) is 0 Å².